The lowest BCUT2D eigenvalue weighted by molar-refractivity contribution is -0.119. The number of carbonyl (C=O) groups is 2. The highest BCUT2D eigenvalue weighted by atomic mass is 35.5. The number of aryl methyl sites for hydroxylation is 1. The Kier molecular flexibility index (Phi) is 6.05. The van der Waals surface area contributed by atoms with Crippen molar-refractivity contribution in [2.45, 2.75) is 6.92 Å². The zero-order chi connectivity index (χ0) is 19.4. The van der Waals surface area contributed by atoms with Crippen molar-refractivity contribution in [3.05, 3.63) is 63.2 Å². The summed E-state index contributed by atoms with van der Waals surface area (Å²) in [4.78, 5) is 32.8. The number of esters is 1. The van der Waals surface area contributed by atoms with Gasteiger partial charge < -0.3 is 10.1 Å². The monoisotopic (exact) mass is 421 g/mol. The number of carbonyl (C=O) groups excluding carboxylic acids is 2. The van der Waals surface area contributed by atoms with E-state index in [1.54, 1.807) is 31.2 Å². The lowest BCUT2D eigenvalue weighted by Crippen LogP contribution is -2.21. The molecule has 1 amide bonds. The zero-order valence-electron chi connectivity index (χ0n) is 14.0. The molecule has 9 heteroatoms. The minimum atomic E-state index is -0.607. The van der Waals surface area contributed by atoms with Crippen molar-refractivity contribution in [3.63, 3.8) is 0 Å². The lowest BCUT2D eigenvalue weighted by atomic mass is 10.2. The van der Waals surface area contributed by atoms with Crippen molar-refractivity contribution in [3.8, 4) is 10.6 Å². The van der Waals surface area contributed by atoms with Gasteiger partial charge in [0, 0.05) is 16.8 Å². The number of anilines is 1. The first kappa shape index (κ1) is 19.3. The fourth-order valence-electron chi connectivity index (χ4n) is 2.13. The van der Waals surface area contributed by atoms with E-state index in [1.165, 1.54) is 17.5 Å². The van der Waals surface area contributed by atoms with Gasteiger partial charge in [-0.25, -0.2) is 14.8 Å². The van der Waals surface area contributed by atoms with E-state index in [-0.39, 0.29) is 0 Å². The molecule has 3 aromatic rings. The van der Waals surface area contributed by atoms with E-state index in [4.69, 9.17) is 27.9 Å². The van der Waals surface area contributed by atoms with Gasteiger partial charge in [-0.2, -0.15) is 0 Å². The van der Waals surface area contributed by atoms with Crippen LogP contribution < -0.4 is 5.32 Å². The summed E-state index contributed by atoms with van der Waals surface area (Å²) < 4.78 is 5.08. The summed E-state index contributed by atoms with van der Waals surface area (Å²) in [5.41, 5.74) is 1.38. The first-order valence-corrected chi connectivity index (χ1v) is 9.31. The van der Waals surface area contributed by atoms with Crippen LogP contribution in [-0.4, -0.2) is 28.5 Å². The van der Waals surface area contributed by atoms with Gasteiger partial charge in [-0.3, -0.25) is 4.79 Å². The minimum absolute atomic E-state index is 0.319. The van der Waals surface area contributed by atoms with Crippen molar-refractivity contribution >= 4 is 52.2 Å². The predicted molar refractivity (Wildman–Crippen MR) is 105 cm³/mol. The van der Waals surface area contributed by atoms with E-state index in [1.807, 2.05) is 12.1 Å². The van der Waals surface area contributed by atoms with Crippen LogP contribution in [0.25, 0.3) is 10.6 Å². The highest BCUT2D eigenvalue weighted by Gasteiger charge is 2.19. The summed E-state index contributed by atoms with van der Waals surface area (Å²) in [6.07, 6.45) is 1.40. The van der Waals surface area contributed by atoms with Gasteiger partial charge in [0.05, 0.1) is 10.7 Å². The van der Waals surface area contributed by atoms with Crippen molar-refractivity contribution in [1.82, 2.24) is 9.97 Å². The number of hydrogen-bond donors (Lipinski definition) is 1. The molecule has 0 fully saturated rings. The van der Waals surface area contributed by atoms with Gasteiger partial charge in [-0.15, -0.1) is 11.3 Å². The molecule has 27 heavy (non-hydrogen) atoms. The van der Waals surface area contributed by atoms with Crippen LogP contribution in [0, 0.1) is 6.92 Å². The molecule has 0 radical (unpaired) electrons. The molecule has 3 rings (SSSR count). The van der Waals surface area contributed by atoms with Crippen molar-refractivity contribution < 1.29 is 14.3 Å². The Morgan fingerprint density at radius 2 is 1.81 bits per heavy atom. The molecule has 0 aliphatic heterocycles. The van der Waals surface area contributed by atoms with Crippen LogP contribution in [0.3, 0.4) is 0 Å². The van der Waals surface area contributed by atoms with Gasteiger partial charge in [0.1, 0.15) is 15.7 Å². The zero-order valence-corrected chi connectivity index (χ0v) is 16.4. The lowest BCUT2D eigenvalue weighted by Gasteiger charge is -2.05. The molecular weight excluding hydrogens is 409 g/mol. The molecule has 0 spiro atoms. The molecule has 1 aromatic carbocycles. The van der Waals surface area contributed by atoms with E-state index >= 15 is 0 Å². The average molecular weight is 422 g/mol. The Morgan fingerprint density at radius 3 is 2.48 bits per heavy atom. The normalized spacial score (nSPS) is 10.5. The second-order valence-electron chi connectivity index (χ2n) is 5.43. The van der Waals surface area contributed by atoms with Gasteiger partial charge in [0.25, 0.3) is 5.91 Å². The maximum absolute atomic E-state index is 12.3. The van der Waals surface area contributed by atoms with Gasteiger partial charge in [0.15, 0.2) is 6.61 Å². The predicted octanol–water partition coefficient (Wildman–Crippen LogP) is 4.62. The number of nitrogens with zero attached hydrogens (tertiary/aromatic N) is 2. The number of thiazole rings is 1. The topological polar surface area (TPSA) is 81.2 Å². The molecule has 2 aromatic heterocycles. The summed E-state index contributed by atoms with van der Waals surface area (Å²) >= 11 is 12.8. The van der Waals surface area contributed by atoms with Crippen LogP contribution in [0.1, 0.15) is 15.4 Å². The molecule has 0 aliphatic carbocycles. The number of aromatic nitrogens is 2. The van der Waals surface area contributed by atoms with Crippen LogP contribution in [-0.2, 0) is 9.53 Å². The maximum Gasteiger partial charge on any atom is 0.350 e. The van der Waals surface area contributed by atoms with Crippen molar-refractivity contribution in [2.75, 3.05) is 11.9 Å². The summed E-state index contributed by atoms with van der Waals surface area (Å²) in [5, 5.41) is 4.26. The molecule has 138 valence electrons. The van der Waals surface area contributed by atoms with E-state index in [0.29, 0.717) is 31.4 Å². The summed E-state index contributed by atoms with van der Waals surface area (Å²) in [6.45, 7) is 1.28. The number of pyridine rings is 1. The third-order valence-corrected chi connectivity index (χ3v) is 5.06. The van der Waals surface area contributed by atoms with Crippen LogP contribution in [0.4, 0.5) is 5.82 Å². The molecule has 0 atom stereocenters. The van der Waals surface area contributed by atoms with Crippen molar-refractivity contribution in [2.24, 2.45) is 0 Å². The Morgan fingerprint density at radius 1 is 1.11 bits per heavy atom. The molecule has 2 heterocycles. The summed E-state index contributed by atoms with van der Waals surface area (Å²) in [5.74, 6) is -0.790. The van der Waals surface area contributed by atoms with Crippen LogP contribution in [0.2, 0.25) is 10.0 Å². The van der Waals surface area contributed by atoms with Crippen molar-refractivity contribution in [1.29, 1.82) is 0 Å². The Bertz CT molecular complexity index is 973. The Balaban J connectivity index is 1.61. The molecule has 0 unspecified atom stereocenters. The van der Waals surface area contributed by atoms with Crippen LogP contribution in [0.5, 0.6) is 0 Å². The first-order valence-electron chi connectivity index (χ1n) is 7.74. The maximum atomic E-state index is 12.3. The van der Waals surface area contributed by atoms with Gasteiger partial charge >= 0.3 is 5.97 Å². The fraction of sp³-hybridized carbons (Fsp3) is 0.111. The molecule has 6 nitrogen and oxygen atoms in total. The third kappa shape index (κ3) is 5.03. The van der Waals surface area contributed by atoms with Crippen LogP contribution in [0.15, 0.2) is 42.6 Å². The number of ether oxygens (including phenoxy) is 1. The smallest absolute Gasteiger partial charge is 0.350 e. The molecular formula is C18H13Cl2N3O3S. The molecule has 0 saturated carbocycles. The highest BCUT2D eigenvalue weighted by molar-refractivity contribution is 7.17. The second kappa shape index (κ2) is 8.47. The number of nitrogens with one attached hydrogen (secondary N) is 1. The fourth-order valence-corrected chi connectivity index (χ4v) is 3.33. The standard InChI is InChI=1S/C18H13Cl2N3O3S/c1-10-16(27-17(22-10)11-2-4-12(19)5-3-11)18(25)26-9-15(24)23-14-7-6-13(20)8-21-14/h2-8H,9H2,1H3,(H,21,23,24). The molecule has 0 bridgehead atoms. The largest absolute Gasteiger partial charge is 0.451 e. The van der Waals surface area contributed by atoms with Crippen LogP contribution >= 0.6 is 34.5 Å². The third-order valence-electron chi connectivity index (χ3n) is 3.40. The summed E-state index contributed by atoms with van der Waals surface area (Å²) in [7, 11) is 0. The molecule has 0 aliphatic rings. The van der Waals surface area contributed by atoms with E-state index in [2.05, 4.69) is 15.3 Å². The highest BCUT2D eigenvalue weighted by Crippen LogP contribution is 2.29. The number of hydrogen-bond acceptors (Lipinski definition) is 6. The minimum Gasteiger partial charge on any atom is -0.451 e. The summed E-state index contributed by atoms with van der Waals surface area (Å²) in [6, 6.07) is 10.3. The average Bonchev–Trinajstić information content (AvgIpc) is 3.04. The van der Waals surface area contributed by atoms with Gasteiger partial charge in [0.2, 0.25) is 0 Å². The number of benzene rings is 1. The van der Waals surface area contributed by atoms with Gasteiger partial charge in [-0.1, -0.05) is 35.3 Å². The number of amides is 1. The first-order chi connectivity index (χ1) is 12.9. The quantitative estimate of drug-likeness (QED) is 0.607. The number of rotatable bonds is 5. The Labute approximate surface area is 169 Å². The number of halogens is 2. The van der Waals surface area contributed by atoms with Gasteiger partial charge in [-0.05, 0) is 31.2 Å². The van der Waals surface area contributed by atoms with E-state index in [9.17, 15) is 9.59 Å². The Hall–Kier alpha value is -2.48. The SMILES string of the molecule is Cc1nc(-c2ccc(Cl)cc2)sc1C(=O)OCC(=O)Nc1ccc(Cl)cn1. The second-order valence-corrected chi connectivity index (χ2v) is 7.30. The van der Waals surface area contributed by atoms with E-state index in [0.717, 1.165) is 5.56 Å². The van der Waals surface area contributed by atoms with E-state index < -0.39 is 18.5 Å². The molecule has 0 saturated heterocycles. The molecule has 1 N–H and O–H groups in total.